The summed E-state index contributed by atoms with van der Waals surface area (Å²) < 4.78 is 25.3. The summed E-state index contributed by atoms with van der Waals surface area (Å²) in [7, 11) is -1.54. The van der Waals surface area contributed by atoms with Crippen LogP contribution in [-0.2, 0) is 10.0 Å². The molecule has 5 heteroatoms. The van der Waals surface area contributed by atoms with Crippen molar-refractivity contribution < 1.29 is 8.42 Å². The molecule has 0 aliphatic carbocycles. The standard InChI is InChI=1S/C10H24N2O2S/c1-9(6-7-11)12(5)15(13,14)8-10(2,3)4/h9H,6-8,11H2,1-5H3. The lowest BCUT2D eigenvalue weighted by molar-refractivity contribution is 0.361. The largest absolute Gasteiger partial charge is 0.330 e. The monoisotopic (exact) mass is 236 g/mol. The molecule has 0 aliphatic rings. The zero-order valence-corrected chi connectivity index (χ0v) is 11.3. The number of hydrogen-bond donors (Lipinski definition) is 1. The van der Waals surface area contributed by atoms with Gasteiger partial charge in [-0.05, 0) is 25.3 Å². The highest BCUT2D eigenvalue weighted by atomic mass is 32.2. The van der Waals surface area contributed by atoms with Crippen molar-refractivity contribution in [3.05, 3.63) is 0 Å². The molecule has 0 saturated heterocycles. The predicted molar refractivity (Wildman–Crippen MR) is 64.1 cm³/mol. The van der Waals surface area contributed by atoms with Crippen LogP contribution >= 0.6 is 0 Å². The van der Waals surface area contributed by atoms with Gasteiger partial charge in [0.1, 0.15) is 0 Å². The van der Waals surface area contributed by atoms with Crippen LogP contribution in [-0.4, -0.2) is 38.1 Å². The molecule has 0 fully saturated rings. The Morgan fingerprint density at radius 1 is 1.33 bits per heavy atom. The fourth-order valence-electron chi connectivity index (χ4n) is 1.35. The summed E-state index contributed by atoms with van der Waals surface area (Å²) in [6.45, 7) is 8.16. The Kier molecular flexibility index (Phi) is 5.23. The van der Waals surface area contributed by atoms with Crippen molar-refractivity contribution in [1.29, 1.82) is 0 Å². The molecule has 0 rings (SSSR count). The molecule has 0 radical (unpaired) electrons. The second-order valence-corrected chi connectivity index (χ2v) is 7.29. The highest BCUT2D eigenvalue weighted by Gasteiger charge is 2.28. The number of nitrogens with zero attached hydrogens (tertiary/aromatic N) is 1. The van der Waals surface area contributed by atoms with Gasteiger partial charge in [0.25, 0.3) is 0 Å². The first-order chi connectivity index (χ1) is 6.60. The Morgan fingerprint density at radius 2 is 1.80 bits per heavy atom. The van der Waals surface area contributed by atoms with Crippen LogP contribution in [0.25, 0.3) is 0 Å². The van der Waals surface area contributed by atoms with E-state index < -0.39 is 10.0 Å². The molecular formula is C10H24N2O2S. The van der Waals surface area contributed by atoms with Crippen LogP contribution in [0, 0.1) is 5.41 Å². The average molecular weight is 236 g/mol. The highest BCUT2D eigenvalue weighted by Crippen LogP contribution is 2.19. The zero-order valence-electron chi connectivity index (χ0n) is 10.4. The summed E-state index contributed by atoms with van der Waals surface area (Å²) in [5, 5.41) is 0. The second-order valence-electron chi connectivity index (χ2n) is 5.26. The van der Waals surface area contributed by atoms with Crippen molar-refractivity contribution in [3.8, 4) is 0 Å². The summed E-state index contributed by atoms with van der Waals surface area (Å²) in [4.78, 5) is 0. The molecule has 0 amide bonds. The number of hydrogen-bond acceptors (Lipinski definition) is 3. The fraction of sp³-hybridized carbons (Fsp3) is 1.00. The minimum Gasteiger partial charge on any atom is -0.330 e. The normalized spacial score (nSPS) is 15.7. The van der Waals surface area contributed by atoms with Gasteiger partial charge in [0.05, 0.1) is 5.75 Å². The number of rotatable bonds is 5. The molecule has 0 aromatic rings. The maximum absolute atomic E-state index is 11.9. The first kappa shape index (κ1) is 14.9. The lowest BCUT2D eigenvalue weighted by atomic mass is 10.0. The molecule has 0 aromatic carbocycles. The van der Waals surface area contributed by atoms with E-state index in [0.29, 0.717) is 13.0 Å². The molecule has 2 N–H and O–H groups in total. The lowest BCUT2D eigenvalue weighted by Gasteiger charge is -2.27. The zero-order chi connectivity index (χ0) is 12.3. The third-order valence-corrected chi connectivity index (χ3v) is 4.73. The van der Waals surface area contributed by atoms with E-state index in [-0.39, 0.29) is 17.2 Å². The molecule has 0 spiro atoms. The minimum atomic E-state index is -3.16. The van der Waals surface area contributed by atoms with Gasteiger partial charge in [0.15, 0.2) is 0 Å². The molecule has 0 aliphatic heterocycles. The molecule has 1 atom stereocenters. The second kappa shape index (κ2) is 5.27. The number of nitrogens with two attached hydrogens (primary N) is 1. The Labute approximate surface area is 93.9 Å². The summed E-state index contributed by atoms with van der Waals surface area (Å²) in [6.07, 6.45) is 0.694. The van der Waals surface area contributed by atoms with E-state index in [0.717, 1.165) is 0 Å². The minimum absolute atomic E-state index is 0.0256. The van der Waals surface area contributed by atoms with E-state index >= 15 is 0 Å². The van der Waals surface area contributed by atoms with E-state index in [2.05, 4.69) is 0 Å². The average Bonchev–Trinajstić information content (AvgIpc) is 1.98. The van der Waals surface area contributed by atoms with Crippen molar-refractivity contribution in [2.75, 3.05) is 19.3 Å². The Bertz CT molecular complexity index is 280. The van der Waals surface area contributed by atoms with Crippen LogP contribution in [0.5, 0.6) is 0 Å². The summed E-state index contributed by atoms with van der Waals surface area (Å²) in [5.74, 6) is 0.172. The van der Waals surface area contributed by atoms with E-state index in [4.69, 9.17) is 5.73 Å². The molecule has 0 bridgehead atoms. The van der Waals surface area contributed by atoms with Gasteiger partial charge in [-0.1, -0.05) is 20.8 Å². The highest BCUT2D eigenvalue weighted by molar-refractivity contribution is 7.89. The van der Waals surface area contributed by atoms with Crippen molar-refractivity contribution in [2.24, 2.45) is 11.1 Å². The SMILES string of the molecule is CC(CCN)N(C)S(=O)(=O)CC(C)(C)C. The third kappa shape index (κ3) is 5.49. The first-order valence-corrected chi connectivity index (χ1v) is 6.87. The number of sulfonamides is 1. The maximum Gasteiger partial charge on any atom is 0.214 e. The molecule has 15 heavy (non-hydrogen) atoms. The van der Waals surface area contributed by atoms with Gasteiger partial charge in [-0.2, -0.15) is 0 Å². The van der Waals surface area contributed by atoms with Crippen molar-refractivity contribution >= 4 is 10.0 Å². The molecule has 92 valence electrons. The molecule has 4 nitrogen and oxygen atoms in total. The van der Waals surface area contributed by atoms with E-state index in [1.165, 1.54) is 4.31 Å². The summed E-state index contributed by atoms with van der Waals surface area (Å²) in [5.41, 5.74) is 5.20. The molecular weight excluding hydrogens is 212 g/mol. The van der Waals surface area contributed by atoms with Gasteiger partial charge < -0.3 is 5.73 Å². The third-order valence-electron chi connectivity index (χ3n) is 2.26. The van der Waals surface area contributed by atoms with Gasteiger partial charge in [-0.15, -0.1) is 0 Å². The van der Waals surface area contributed by atoms with Crippen LogP contribution in [0.4, 0.5) is 0 Å². The molecule has 0 saturated carbocycles. The summed E-state index contributed by atoms with van der Waals surface area (Å²) in [6, 6.07) is -0.0256. The lowest BCUT2D eigenvalue weighted by Crippen LogP contribution is -2.40. The van der Waals surface area contributed by atoms with Crippen molar-refractivity contribution in [3.63, 3.8) is 0 Å². The molecule has 1 unspecified atom stereocenters. The molecule has 0 aromatic heterocycles. The van der Waals surface area contributed by atoms with Crippen LogP contribution in [0.3, 0.4) is 0 Å². The smallest absolute Gasteiger partial charge is 0.214 e. The maximum atomic E-state index is 11.9. The fourth-order valence-corrected chi connectivity index (χ4v) is 3.30. The van der Waals surface area contributed by atoms with Crippen molar-refractivity contribution in [1.82, 2.24) is 4.31 Å². The van der Waals surface area contributed by atoms with Gasteiger partial charge >= 0.3 is 0 Å². The van der Waals surface area contributed by atoms with Gasteiger partial charge in [0.2, 0.25) is 10.0 Å². The molecule has 0 heterocycles. The predicted octanol–water partition coefficient (Wildman–Crippen LogP) is 1.03. The van der Waals surface area contributed by atoms with E-state index in [9.17, 15) is 8.42 Å². The van der Waals surface area contributed by atoms with E-state index in [1.54, 1.807) is 7.05 Å². The van der Waals surface area contributed by atoms with Gasteiger partial charge in [-0.25, -0.2) is 12.7 Å². The van der Waals surface area contributed by atoms with Crippen LogP contribution in [0.1, 0.15) is 34.1 Å². The van der Waals surface area contributed by atoms with Crippen LogP contribution in [0.2, 0.25) is 0 Å². The summed E-state index contributed by atoms with van der Waals surface area (Å²) >= 11 is 0. The Balaban J connectivity index is 4.60. The topological polar surface area (TPSA) is 63.4 Å². The van der Waals surface area contributed by atoms with Crippen LogP contribution in [0.15, 0.2) is 0 Å². The van der Waals surface area contributed by atoms with Crippen LogP contribution < -0.4 is 5.73 Å². The quantitative estimate of drug-likeness (QED) is 0.775. The van der Waals surface area contributed by atoms with Gasteiger partial charge in [-0.3, -0.25) is 0 Å². The first-order valence-electron chi connectivity index (χ1n) is 5.26. The Hall–Kier alpha value is -0.130. The van der Waals surface area contributed by atoms with E-state index in [1.807, 2.05) is 27.7 Å². The van der Waals surface area contributed by atoms with Gasteiger partial charge in [0, 0.05) is 13.1 Å². The Morgan fingerprint density at radius 3 is 2.13 bits per heavy atom. The van der Waals surface area contributed by atoms with Crippen molar-refractivity contribution in [2.45, 2.75) is 40.2 Å².